The molecule has 1 saturated carbocycles. The highest BCUT2D eigenvalue weighted by Crippen LogP contribution is 2.37. The Balaban J connectivity index is 2.21. The lowest BCUT2D eigenvalue weighted by Crippen LogP contribution is -2.24. The molecule has 0 bridgehead atoms. The normalized spacial score (nSPS) is 17.8. The Labute approximate surface area is 109 Å². The van der Waals surface area contributed by atoms with Crippen LogP contribution in [0, 0.1) is 0 Å². The zero-order valence-electron chi connectivity index (χ0n) is 9.86. The van der Waals surface area contributed by atoms with E-state index < -0.39 is 11.7 Å². The Bertz CT molecular complexity index is 411. The average Bonchev–Trinajstić information content (AvgIpc) is 2.31. The first-order chi connectivity index (χ1) is 8.47. The molecule has 0 radical (unpaired) electrons. The van der Waals surface area contributed by atoms with Crippen LogP contribution in [0.15, 0.2) is 18.2 Å². The third-order valence-corrected chi connectivity index (χ3v) is 3.49. The number of rotatable bonds is 2. The number of hydrogen-bond acceptors (Lipinski definition) is 1. The first-order valence-electron chi connectivity index (χ1n) is 6.10. The van der Waals surface area contributed by atoms with E-state index in [1.165, 1.54) is 18.6 Å². The van der Waals surface area contributed by atoms with Gasteiger partial charge in [0.1, 0.15) is 0 Å². The predicted octanol–water partition coefficient (Wildman–Crippen LogP) is 5.10. The van der Waals surface area contributed by atoms with Crippen molar-refractivity contribution in [2.75, 3.05) is 5.32 Å². The van der Waals surface area contributed by atoms with Gasteiger partial charge in [0.05, 0.1) is 5.56 Å². The van der Waals surface area contributed by atoms with E-state index in [2.05, 4.69) is 5.32 Å². The highest BCUT2D eigenvalue weighted by molar-refractivity contribution is 6.30. The van der Waals surface area contributed by atoms with E-state index in [0.717, 1.165) is 31.7 Å². The number of nitrogens with one attached hydrogen (secondary N) is 1. The largest absolute Gasteiger partial charge is 0.418 e. The van der Waals surface area contributed by atoms with Gasteiger partial charge in [-0.05, 0) is 31.0 Å². The van der Waals surface area contributed by atoms with Gasteiger partial charge in [0, 0.05) is 16.8 Å². The minimum atomic E-state index is -4.37. The van der Waals surface area contributed by atoms with Crippen LogP contribution >= 0.6 is 11.6 Å². The van der Waals surface area contributed by atoms with Crippen molar-refractivity contribution in [2.45, 2.75) is 44.3 Å². The van der Waals surface area contributed by atoms with Crippen molar-refractivity contribution >= 4 is 17.3 Å². The fourth-order valence-corrected chi connectivity index (χ4v) is 2.52. The monoisotopic (exact) mass is 277 g/mol. The van der Waals surface area contributed by atoms with Crippen molar-refractivity contribution in [1.29, 1.82) is 0 Å². The van der Waals surface area contributed by atoms with Crippen LogP contribution in [-0.4, -0.2) is 6.04 Å². The van der Waals surface area contributed by atoms with Crippen LogP contribution in [0.3, 0.4) is 0 Å². The summed E-state index contributed by atoms with van der Waals surface area (Å²) in [5, 5.41) is 3.11. The maximum atomic E-state index is 12.9. The smallest absolute Gasteiger partial charge is 0.382 e. The van der Waals surface area contributed by atoms with E-state index >= 15 is 0 Å². The molecule has 0 unspecified atom stereocenters. The molecule has 1 fully saturated rings. The van der Waals surface area contributed by atoms with E-state index in [1.54, 1.807) is 0 Å². The molecule has 1 aromatic carbocycles. The molecule has 1 aliphatic carbocycles. The summed E-state index contributed by atoms with van der Waals surface area (Å²) in [6, 6.07) is 4.02. The molecular formula is C13H15ClF3N. The van der Waals surface area contributed by atoms with E-state index in [-0.39, 0.29) is 16.8 Å². The Hall–Kier alpha value is -0.900. The Morgan fingerprint density at radius 1 is 1.11 bits per heavy atom. The van der Waals surface area contributed by atoms with Crippen molar-refractivity contribution in [3.8, 4) is 0 Å². The zero-order valence-corrected chi connectivity index (χ0v) is 10.6. The summed E-state index contributed by atoms with van der Waals surface area (Å²) in [6.45, 7) is 0. The summed E-state index contributed by atoms with van der Waals surface area (Å²) in [4.78, 5) is 0. The lowest BCUT2D eigenvalue weighted by atomic mass is 9.95. The minimum absolute atomic E-state index is 0.108. The topological polar surface area (TPSA) is 12.0 Å². The van der Waals surface area contributed by atoms with Crippen LogP contribution < -0.4 is 5.32 Å². The van der Waals surface area contributed by atoms with Gasteiger partial charge >= 0.3 is 6.18 Å². The summed E-state index contributed by atoms with van der Waals surface area (Å²) in [5.41, 5.74) is -0.542. The second-order valence-corrected chi connectivity index (χ2v) is 5.10. The van der Waals surface area contributed by atoms with Gasteiger partial charge in [0.15, 0.2) is 0 Å². The molecule has 0 aliphatic heterocycles. The molecule has 0 spiro atoms. The van der Waals surface area contributed by atoms with E-state index in [1.807, 2.05) is 0 Å². The SMILES string of the molecule is FC(F)(F)c1cc(Cl)ccc1NC1CCCCC1. The average molecular weight is 278 g/mol. The highest BCUT2D eigenvalue weighted by atomic mass is 35.5. The molecule has 1 aromatic rings. The first-order valence-corrected chi connectivity index (χ1v) is 6.48. The number of alkyl halides is 3. The van der Waals surface area contributed by atoms with Crippen molar-refractivity contribution in [1.82, 2.24) is 0 Å². The molecule has 2 rings (SSSR count). The van der Waals surface area contributed by atoms with Gasteiger partial charge in [0.25, 0.3) is 0 Å². The minimum Gasteiger partial charge on any atom is -0.382 e. The maximum absolute atomic E-state index is 12.9. The van der Waals surface area contributed by atoms with Crippen molar-refractivity contribution < 1.29 is 13.2 Å². The van der Waals surface area contributed by atoms with Crippen LogP contribution in [0.2, 0.25) is 5.02 Å². The summed E-state index contributed by atoms with van der Waals surface area (Å²) >= 11 is 5.64. The quantitative estimate of drug-likeness (QED) is 0.793. The second kappa shape index (κ2) is 5.39. The van der Waals surface area contributed by atoms with Crippen molar-refractivity contribution in [3.63, 3.8) is 0 Å². The molecule has 1 aliphatic rings. The number of anilines is 1. The molecule has 100 valence electrons. The third kappa shape index (κ3) is 3.31. The second-order valence-electron chi connectivity index (χ2n) is 4.67. The first kappa shape index (κ1) is 13.5. The molecule has 1 N–H and O–H groups in total. The van der Waals surface area contributed by atoms with Gasteiger partial charge in [-0.2, -0.15) is 13.2 Å². The molecule has 5 heteroatoms. The van der Waals surface area contributed by atoms with Crippen LogP contribution in [0.1, 0.15) is 37.7 Å². The van der Waals surface area contributed by atoms with Crippen LogP contribution in [0.5, 0.6) is 0 Å². The standard InChI is InChI=1S/C13H15ClF3N/c14-9-6-7-12(11(8-9)13(15,16)17)18-10-4-2-1-3-5-10/h6-8,10,18H,1-5H2. The summed E-state index contributed by atoms with van der Waals surface area (Å²) in [5.74, 6) is 0. The molecule has 1 nitrogen and oxygen atoms in total. The van der Waals surface area contributed by atoms with Gasteiger partial charge < -0.3 is 5.32 Å². The summed E-state index contributed by atoms with van der Waals surface area (Å²) < 4.78 is 38.7. The van der Waals surface area contributed by atoms with Crippen molar-refractivity contribution in [3.05, 3.63) is 28.8 Å². The van der Waals surface area contributed by atoms with E-state index in [9.17, 15) is 13.2 Å². The van der Waals surface area contributed by atoms with Gasteiger partial charge in [-0.15, -0.1) is 0 Å². The van der Waals surface area contributed by atoms with Crippen molar-refractivity contribution in [2.24, 2.45) is 0 Å². The number of halogens is 4. The van der Waals surface area contributed by atoms with Crippen LogP contribution in [0.4, 0.5) is 18.9 Å². The molecule has 0 aromatic heterocycles. The predicted molar refractivity (Wildman–Crippen MR) is 66.9 cm³/mol. The van der Waals surface area contributed by atoms with E-state index in [4.69, 9.17) is 11.6 Å². The number of benzene rings is 1. The zero-order chi connectivity index (χ0) is 13.2. The summed E-state index contributed by atoms with van der Waals surface area (Å²) in [7, 11) is 0. The fraction of sp³-hybridized carbons (Fsp3) is 0.538. The Kier molecular flexibility index (Phi) is 4.05. The van der Waals surface area contributed by atoms with Gasteiger partial charge in [-0.3, -0.25) is 0 Å². The molecule has 0 amide bonds. The van der Waals surface area contributed by atoms with Crippen LogP contribution in [-0.2, 0) is 6.18 Å². The maximum Gasteiger partial charge on any atom is 0.418 e. The lowest BCUT2D eigenvalue weighted by molar-refractivity contribution is -0.137. The highest BCUT2D eigenvalue weighted by Gasteiger charge is 2.34. The lowest BCUT2D eigenvalue weighted by Gasteiger charge is -2.25. The third-order valence-electron chi connectivity index (χ3n) is 3.25. The molecular weight excluding hydrogens is 263 g/mol. The van der Waals surface area contributed by atoms with E-state index in [0.29, 0.717) is 0 Å². The Morgan fingerprint density at radius 2 is 1.78 bits per heavy atom. The molecule has 0 heterocycles. The van der Waals surface area contributed by atoms with Gasteiger partial charge in [-0.25, -0.2) is 0 Å². The van der Waals surface area contributed by atoms with Crippen LogP contribution in [0.25, 0.3) is 0 Å². The Morgan fingerprint density at radius 3 is 2.39 bits per heavy atom. The molecule has 0 atom stereocenters. The number of hydrogen-bond donors (Lipinski definition) is 1. The van der Waals surface area contributed by atoms with Gasteiger partial charge in [0.2, 0.25) is 0 Å². The molecule has 0 saturated heterocycles. The summed E-state index contributed by atoms with van der Waals surface area (Å²) in [6.07, 6.45) is 0.811. The fourth-order valence-electron chi connectivity index (χ4n) is 2.34. The molecule has 18 heavy (non-hydrogen) atoms. The van der Waals surface area contributed by atoms with Gasteiger partial charge in [-0.1, -0.05) is 30.9 Å².